The van der Waals surface area contributed by atoms with Gasteiger partial charge in [-0.05, 0) is 0 Å². The molecule has 0 spiro atoms. The van der Waals surface area contributed by atoms with Gasteiger partial charge in [-0.3, -0.25) is 0 Å². The van der Waals surface area contributed by atoms with Gasteiger partial charge in [0.2, 0.25) is 0 Å². The first-order valence-corrected chi connectivity index (χ1v) is 5.28. The van der Waals surface area contributed by atoms with E-state index in [1.165, 1.54) is 0 Å². The Kier molecular flexibility index (Phi) is 3.90. The molecule has 0 aliphatic rings. The molecule has 0 atom stereocenters. The lowest BCUT2D eigenvalue weighted by Crippen LogP contribution is -2.00. The smallest absolute Gasteiger partial charge is 0.304 e. The van der Waals surface area contributed by atoms with Crippen LogP contribution in [0.2, 0.25) is 0 Å². The SMILES string of the molecule is COP(=O)(OC)SC(F)(F)F. The molecule has 0 saturated heterocycles. The topological polar surface area (TPSA) is 35.5 Å². The van der Waals surface area contributed by atoms with Gasteiger partial charge in [-0.25, -0.2) is 4.57 Å². The molecule has 0 radical (unpaired) electrons. The second-order valence-corrected chi connectivity index (χ2v) is 5.51. The van der Waals surface area contributed by atoms with E-state index < -0.39 is 23.7 Å². The number of rotatable bonds is 3. The largest absolute Gasteiger partial charge is 0.452 e. The Balaban J connectivity index is 4.21. The first-order chi connectivity index (χ1) is 4.83. The summed E-state index contributed by atoms with van der Waals surface area (Å²) in [5, 5.41) is 0. The number of hydrogen-bond donors (Lipinski definition) is 0. The van der Waals surface area contributed by atoms with Crippen molar-refractivity contribution >= 4 is 18.2 Å². The van der Waals surface area contributed by atoms with Gasteiger partial charge in [0.05, 0.1) is 11.4 Å². The first-order valence-electron chi connectivity index (χ1n) is 2.32. The summed E-state index contributed by atoms with van der Waals surface area (Å²) in [5.41, 5.74) is -4.61. The van der Waals surface area contributed by atoms with Crippen molar-refractivity contribution in [3.8, 4) is 0 Å². The van der Waals surface area contributed by atoms with E-state index in [1.807, 2.05) is 0 Å². The van der Waals surface area contributed by atoms with Crippen LogP contribution < -0.4 is 0 Å². The van der Waals surface area contributed by atoms with Crippen molar-refractivity contribution in [3.63, 3.8) is 0 Å². The summed E-state index contributed by atoms with van der Waals surface area (Å²) in [5.74, 6) is 0. The van der Waals surface area contributed by atoms with Gasteiger partial charge >= 0.3 is 12.3 Å². The molecule has 0 aromatic heterocycles. The molecule has 0 heterocycles. The summed E-state index contributed by atoms with van der Waals surface area (Å²) in [6, 6.07) is 0. The third-order valence-corrected chi connectivity index (χ3v) is 4.17. The molecule has 0 bridgehead atoms. The lowest BCUT2D eigenvalue weighted by molar-refractivity contribution is -0.0317. The molecule has 0 unspecified atom stereocenters. The Morgan fingerprint density at radius 1 is 1.27 bits per heavy atom. The van der Waals surface area contributed by atoms with Crippen molar-refractivity contribution in [3.05, 3.63) is 0 Å². The van der Waals surface area contributed by atoms with E-state index in [1.54, 1.807) is 0 Å². The molecule has 0 N–H and O–H groups in total. The van der Waals surface area contributed by atoms with E-state index >= 15 is 0 Å². The maximum Gasteiger partial charge on any atom is 0.452 e. The van der Waals surface area contributed by atoms with Gasteiger partial charge in [0, 0.05) is 14.2 Å². The van der Waals surface area contributed by atoms with Crippen LogP contribution in [0.25, 0.3) is 0 Å². The molecular formula is C3H6F3O3PS. The van der Waals surface area contributed by atoms with Crippen LogP contribution in [0, 0.1) is 0 Å². The van der Waals surface area contributed by atoms with Gasteiger partial charge in [0.1, 0.15) is 0 Å². The van der Waals surface area contributed by atoms with Crippen molar-refractivity contribution in [2.45, 2.75) is 5.51 Å². The van der Waals surface area contributed by atoms with Crippen LogP contribution in [-0.4, -0.2) is 19.7 Å². The second-order valence-electron chi connectivity index (χ2n) is 1.35. The maximum absolute atomic E-state index is 11.6. The molecule has 0 rings (SSSR count). The Bertz CT molecular complexity index is 162. The molecule has 0 aromatic carbocycles. The van der Waals surface area contributed by atoms with Crippen LogP contribution in [0.5, 0.6) is 0 Å². The number of hydrogen-bond acceptors (Lipinski definition) is 4. The predicted molar refractivity (Wildman–Crippen MR) is 35.3 cm³/mol. The van der Waals surface area contributed by atoms with Gasteiger partial charge in [0.25, 0.3) is 0 Å². The van der Waals surface area contributed by atoms with E-state index in [9.17, 15) is 17.7 Å². The zero-order chi connectivity index (χ0) is 9.12. The van der Waals surface area contributed by atoms with Crippen molar-refractivity contribution < 1.29 is 26.8 Å². The van der Waals surface area contributed by atoms with Crippen molar-refractivity contribution in [1.82, 2.24) is 0 Å². The molecule has 0 fully saturated rings. The highest BCUT2D eigenvalue weighted by atomic mass is 32.7. The molecule has 68 valence electrons. The second kappa shape index (κ2) is 3.80. The molecule has 11 heavy (non-hydrogen) atoms. The van der Waals surface area contributed by atoms with Crippen LogP contribution in [0.3, 0.4) is 0 Å². The minimum absolute atomic E-state index is 0.785. The highest BCUT2D eigenvalue weighted by molar-refractivity contribution is 8.55. The Labute approximate surface area is 65.5 Å². The average Bonchev–Trinajstić information content (AvgIpc) is 1.84. The van der Waals surface area contributed by atoms with Crippen molar-refractivity contribution in [1.29, 1.82) is 0 Å². The van der Waals surface area contributed by atoms with E-state index in [2.05, 4.69) is 9.05 Å². The average molecular weight is 210 g/mol. The zero-order valence-electron chi connectivity index (χ0n) is 5.71. The summed E-state index contributed by atoms with van der Waals surface area (Å²) < 4.78 is 53.5. The van der Waals surface area contributed by atoms with Gasteiger partial charge in [-0.15, -0.1) is 0 Å². The standard InChI is InChI=1S/C3H6F3O3PS/c1-8-10(7,9-2)11-3(4,5)6/h1-2H3. The molecule has 0 aliphatic carbocycles. The normalized spacial score (nSPS) is 13.5. The van der Waals surface area contributed by atoms with E-state index in [4.69, 9.17) is 0 Å². The van der Waals surface area contributed by atoms with Crippen LogP contribution >= 0.6 is 18.2 Å². The molecule has 0 aliphatic heterocycles. The molecule has 0 aromatic rings. The first kappa shape index (κ1) is 11.3. The quantitative estimate of drug-likeness (QED) is 0.671. The highest BCUT2D eigenvalue weighted by Crippen LogP contribution is 2.65. The lowest BCUT2D eigenvalue weighted by Gasteiger charge is -2.13. The number of halogens is 3. The summed E-state index contributed by atoms with van der Waals surface area (Å²) in [6.45, 7) is -4.01. The van der Waals surface area contributed by atoms with Crippen LogP contribution in [0.15, 0.2) is 0 Å². The number of alkyl halides is 3. The van der Waals surface area contributed by atoms with Gasteiger partial charge < -0.3 is 9.05 Å². The van der Waals surface area contributed by atoms with E-state index in [0.717, 1.165) is 14.2 Å². The van der Waals surface area contributed by atoms with Crippen LogP contribution in [0.4, 0.5) is 13.2 Å². The van der Waals surface area contributed by atoms with Crippen molar-refractivity contribution in [2.24, 2.45) is 0 Å². The van der Waals surface area contributed by atoms with Crippen LogP contribution in [-0.2, 0) is 13.6 Å². The zero-order valence-corrected chi connectivity index (χ0v) is 7.43. The van der Waals surface area contributed by atoms with Gasteiger partial charge in [-0.2, -0.15) is 13.2 Å². The fourth-order valence-corrected chi connectivity index (χ4v) is 2.04. The minimum Gasteiger partial charge on any atom is -0.304 e. The van der Waals surface area contributed by atoms with Crippen molar-refractivity contribution in [2.75, 3.05) is 14.2 Å². The summed E-state index contributed by atoms with van der Waals surface area (Å²) in [7, 11) is 1.78. The molecule has 3 nitrogen and oxygen atoms in total. The van der Waals surface area contributed by atoms with E-state index in [-0.39, 0.29) is 0 Å². The van der Waals surface area contributed by atoms with Crippen LogP contribution in [0.1, 0.15) is 0 Å². The molecule has 8 heteroatoms. The lowest BCUT2D eigenvalue weighted by atomic mass is 11.6. The Morgan fingerprint density at radius 2 is 1.64 bits per heavy atom. The third-order valence-electron chi connectivity index (χ3n) is 0.663. The van der Waals surface area contributed by atoms with Gasteiger partial charge in [0.15, 0.2) is 0 Å². The van der Waals surface area contributed by atoms with Gasteiger partial charge in [-0.1, -0.05) is 0 Å². The minimum atomic E-state index is -4.61. The highest BCUT2D eigenvalue weighted by Gasteiger charge is 2.41. The summed E-state index contributed by atoms with van der Waals surface area (Å²) >= 11 is -0.785. The molecule has 0 saturated carbocycles. The monoisotopic (exact) mass is 210 g/mol. The fourth-order valence-electron chi connectivity index (χ4n) is 0.276. The summed E-state index contributed by atoms with van der Waals surface area (Å²) in [4.78, 5) is 0. The van der Waals surface area contributed by atoms with E-state index in [0.29, 0.717) is 0 Å². The molecular weight excluding hydrogens is 204 g/mol. The fraction of sp³-hybridized carbons (Fsp3) is 1.00. The summed E-state index contributed by atoms with van der Waals surface area (Å²) in [6.07, 6.45) is 0. The third kappa shape index (κ3) is 4.68. The predicted octanol–water partition coefficient (Wildman–Crippen LogP) is 2.64. The maximum atomic E-state index is 11.6. The Morgan fingerprint density at radius 3 is 1.73 bits per heavy atom. The molecule has 0 amide bonds. The Hall–Kier alpha value is 0.290.